The highest BCUT2D eigenvalue weighted by Crippen LogP contribution is 2.24. The van der Waals surface area contributed by atoms with Crippen LogP contribution in [0, 0.1) is 0 Å². The van der Waals surface area contributed by atoms with Gasteiger partial charge in [0.2, 0.25) is 0 Å². The highest BCUT2D eigenvalue weighted by molar-refractivity contribution is 5.75. The number of carbonyl (C=O) groups excluding carboxylic acids is 1. The lowest BCUT2D eigenvalue weighted by atomic mass is 10.0. The molecule has 0 saturated carbocycles. The molecule has 2 aromatic carbocycles. The van der Waals surface area contributed by atoms with E-state index in [1.54, 1.807) is 0 Å². The van der Waals surface area contributed by atoms with Crippen LogP contribution in [0.25, 0.3) is 0 Å². The number of carbonyl (C=O) groups is 1. The summed E-state index contributed by atoms with van der Waals surface area (Å²) in [5.41, 5.74) is 2.60. The third kappa shape index (κ3) is 6.31. The van der Waals surface area contributed by atoms with Crippen LogP contribution in [-0.4, -0.2) is 91.6 Å². The molecule has 2 amide bonds. The van der Waals surface area contributed by atoms with Gasteiger partial charge in [0.25, 0.3) is 0 Å². The van der Waals surface area contributed by atoms with Crippen molar-refractivity contribution in [2.75, 3.05) is 66.0 Å². The van der Waals surface area contributed by atoms with Crippen molar-refractivity contribution in [2.45, 2.75) is 19.0 Å². The lowest BCUT2D eigenvalue weighted by Gasteiger charge is -2.40. The summed E-state index contributed by atoms with van der Waals surface area (Å²) in [4.78, 5) is 22.3. The van der Waals surface area contributed by atoms with Crippen LogP contribution in [-0.2, 0) is 6.54 Å². The Morgan fingerprint density at radius 3 is 2.25 bits per heavy atom. The van der Waals surface area contributed by atoms with Crippen LogP contribution in [0.2, 0.25) is 0 Å². The van der Waals surface area contributed by atoms with Crippen LogP contribution in [0.1, 0.15) is 23.6 Å². The fraction of sp³-hybridized carbons (Fsp3) is 0.500. The smallest absolute Gasteiger partial charge is 0.318 e. The molecule has 2 aliphatic rings. The Hall–Kier alpha value is -2.41. The van der Waals surface area contributed by atoms with E-state index in [4.69, 9.17) is 0 Å². The lowest BCUT2D eigenvalue weighted by molar-refractivity contribution is 0.107. The molecule has 1 atom stereocenters. The number of nitrogens with one attached hydrogen (secondary N) is 1. The van der Waals surface area contributed by atoms with Gasteiger partial charge in [-0.15, -0.1) is 0 Å². The van der Waals surface area contributed by atoms with Crippen LogP contribution in [0.3, 0.4) is 0 Å². The van der Waals surface area contributed by atoms with Gasteiger partial charge in [-0.25, -0.2) is 4.79 Å². The van der Waals surface area contributed by atoms with Crippen molar-refractivity contribution in [3.8, 4) is 0 Å². The average molecular weight is 436 g/mol. The number of hydrogen-bond donors (Lipinski definition) is 1. The summed E-state index contributed by atoms with van der Waals surface area (Å²) in [5.74, 6) is 0. The van der Waals surface area contributed by atoms with Crippen LogP contribution in [0.4, 0.5) is 4.79 Å². The topological polar surface area (TPSA) is 42.1 Å². The van der Waals surface area contributed by atoms with E-state index in [0.717, 1.165) is 71.9 Å². The molecule has 0 spiro atoms. The van der Waals surface area contributed by atoms with Crippen LogP contribution in [0.15, 0.2) is 60.7 Å². The van der Waals surface area contributed by atoms with Crippen molar-refractivity contribution in [1.82, 2.24) is 24.9 Å². The first-order chi connectivity index (χ1) is 15.7. The zero-order valence-corrected chi connectivity index (χ0v) is 19.3. The zero-order chi connectivity index (χ0) is 22.2. The number of nitrogens with zero attached hydrogens (tertiary/aromatic N) is 4. The monoisotopic (exact) mass is 435 g/mol. The zero-order valence-electron chi connectivity index (χ0n) is 19.3. The number of amides is 2. The first-order valence-electron chi connectivity index (χ1n) is 12.0. The van der Waals surface area contributed by atoms with Crippen LogP contribution in [0.5, 0.6) is 0 Å². The van der Waals surface area contributed by atoms with Crippen molar-refractivity contribution < 1.29 is 4.79 Å². The molecule has 0 radical (unpaired) electrons. The molecule has 2 saturated heterocycles. The molecule has 0 aliphatic carbocycles. The fourth-order valence-corrected chi connectivity index (χ4v) is 4.74. The summed E-state index contributed by atoms with van der Waals surface area (Å²) < 4.78 is 0. The molecule has 0 bridgehead atoms. The maximum absolute atomic E-state index is 12.9. The predicted molar refractivity (Wildman–Crippen MR) is 130 cm³/mol. The molecule has 2 aromatic rings. The Bertz CT molecular complexity index is 823. The molecule has 4 rings (SSSR count). The third-order valence-electron chi connectivity index (χ3n) is 6.67. The fourth-order valence-electron chi connectivity index (χ4n) is 4.74. The second-order valence-corrected chi connectivity index (χ2v) is 9.07. The first-order valence-corrected chi connectivity index (χ1v) is 12.0. The Balaban J connectivity index is 1.17. The number of rotatable bonds is 7. The summed E-state index contributed by atoms with van der Waals surface area (Å²) in [6.07, 6.45) is 0.994. The number of benzene rings is 2. The Kier molecular flexibility index (Phi) is 8.15. The summed E-state index contributed by atoms with van der Waals surface area (Å²) >= 11 is 0. The van der Waals surface area contributed by atoms with E-state index in [2.05, 4.69) is 81.7 Å². The van der Waals surface area contributed by atoms with E-state index in [0.29, 0.717) is 0 Å². The van der Waals surface area contributed by atoms with Crippen molar-refractivity contribution in [2.24, 2.45) is 0 Å². The van der Waals surface area contributed by atoms with Crippen molar-refractivity contribution in [1.29, 1.82) is 0 Å². The molecular weight excluding hydrogens is 398 g/mol. The molecule has 172 valence electrons. The van der Waals surface area contributed by atoms with E-state index in [1.807, 2.05) is 11.0 Å². The molecule has 32 heavy (non-hydrogen) atoms. The molecule has 0 aromatic heterocycles. The number of urea groups is 1. The molecule has 6 nitrogen and oxygen atoms in total. The van der Waals surface area contributed by atoms with Gasteiger partial charge in [-0.3, -0.25) is 4.90 Å². The van der Waals surface area contributed by atoms with Gasteiger partial charge in [0.1, 0.15) is 0 Å². The minimum absolute atomic E-state index is 0.0691. The maximum Gasteiger partial charge on any atom is 0.318 e. The van der Waals surface area contributed by atoms with Gasteiger partial charge in [0.15, 0.2) is 0 Å². The Morgan fingerprint density at radius 2 is 1.53 bits per heavy atom. The highest BCUT2D eigenvalue weighted by atomic mass is 16.2. The highest BCUT2D eigenvalue weighted by Gasteiger charge is 2.30. The van der Waals surface area contributed by atoms with Crippen molar-refractivity contribution in [3.63, 3.8) is 0 Å². The number of piperazine rings is 2. The van der Waals surface area contributed by atoms with Gasteiger partial charge in [-0.05, 0) is 31.1 Å². The average Bonchev–Trinajstić information content (AvgIpc) is 2.84. The van der Waals surface area contributed by atoms with Gasteiger partial charge >= 0.3 is 6.03 Å². The molecule has 2 aliphatic heterocycles. The molecule has 1 N–H and O–H groups in total. The normalized spacial score (nSPS) is 20.9. The summed E-state index contributed by atoms with van der Waals surface area (Å²) in [7, 11) is 2.13. The van der Waals surface area contributed by atoms with Crippen LogP contribution < -0.4 is 5.32 Å². The summed E-state index contributed by atoms with van der Waals surface area (Å²) in [6.45, 7) is 9.83. The van der Waals surface area contributed by atoms with E-state index >= 15 is 0 Å². The SMILES string of the molecule is CN1CCN(C(=O)NCCCN2CCN(Cc3ccccc3)CC2)C(c2ccccc2)C1. The molecular formula is C26H37N5O. The van der Waals surface area contributed by atoms with Crippen LogP contribution >= 0.6 is 0 Å². The second kappa shape index (κ2) is 11.5. The van der Waals surface area contributed by atoms with E-state index in [9.17, 15) is 4.79 Å². The third-order valence-corrected chi connectivity index (χ3v) is 6.67. The first kappa shape index (κ1) is 22.8. The summed E-state index contributed by atoms with van der Waals surface area (Å²) in [6, 6.07) is 21.3. The number of hydrogen-bond acceptors (Lipinski definition) is 4. The lowest BCUT2D eigenvalue weighted by Crippen LogP contribution is -2.52. The Labute approximate surface area is 192 Å². The van der Waals surface area contributed by atoms with E-state index in [-0.39, 0.29) is 12.1 Å². The largest absolute Gasteiger partial charge is 0.338 e. The predicted octanol–water partition coefficient (Wildman–Crippen LogP) is 2.89. The van der Waals surface area contributed by atoms with Gasteiger partial charge < -0.3 is 20.0 Å². The number of likely N-dealkylation sites (N-methyl/N-ethyl adjacent to an activating group) is 1. The second-order valence-electron chi connectivity index (χ2n) is 9.07. The van der Waals surface area contributed by atoms with Gasteiger partial charge in [-0.2, -0.15) is 0 Å². The standard InChI is InChI=1S/C26H37N5O/c1-28-15-20-31(25(22-28)24-11-6-3-7-12-24)26(32)27-13-8-14-29-16-18-30(19-17-29)21-23-9-4-2-5-10-23/h2-7,9-12,25H,8,13-22H2,1H3,(H,27,32). The minimum atomic E-state index is 0.0691. The molecule has 1 unspecified atom stereocenters. The van der Waals surface area contributed by atoms with E-state index in [1.165, 1.54) is 11.1 Å². The molecule has 2 fully saturated rings. The Morgan fingerprint density at radius 1 is 0.875 bits per heavy atom. The van der Waals surface area contributed by atoms with E-state index < -0.39 is 0 Å². The molecule has 6 heteroatoms. The van der Waals surface area contributed by atoms with Crippen molar-refractivity contribution >= 4 is 6.03 Å². The van der Waals surface area contributed by atoms with Gasteiger partial charge in [0.05, 0.1) is 6.04 Å². The molecule has 2 heterocycles. The van der Waals surface area contributed by atoms with Crippen molar-refractivity contribution in [3.05, 3.63) is 71.8 Å². The van der Waals surface area contributed by atoms with Gasteiger partial charge in [-0.1, -0.05) is 60.7 Å². The van der Waals surface area contributed by atoms with Gasteiger partial charge in [0, 0.05) is 58.9 Å². The summed E-state index contributed by atoms with van der Waals surface area (Å²) in [5, 5.41) is 3.18. The maximum atomic E-state index is 12.9. The minimum Gasteiger partial charge on any atom is -0.338 e. The quantitative estimate of drug-likeness (QED) is 0.679.